The third kappa shape index (κ3) is 2.84. The molecule has 0 aromatic heterocycles. The Labute approximate surface area is 65.3 Å². The second kappa shape index (κ2) is 3.67. The average molecular weight is 160 g/mol. The Balaban J connectivity index is 2.28. The Morgan fingerprint density at radius 2 is 2.45 bits per heavy atom. The summed E-state index contributed by atoms with van der Waals surface area (Å²) in [7, 11) is 0. The van der Waals surface area contributed by atoms with E-state index >= 15 is 0 Å². The van der Waals surface area contributed by atoms with Crippen LogP contribution >= 0.6 is 0 Å². The Kier molecular flexibility index (Phi) is 2.82. The maximum Gasteiger partial charge on any atom is 0.231 e. The molecular formula is C7H13FN2O. The summed E-state index contributed by atoms with van der Waals surface area (Å²) in [5, 5.41) is 0. The summed E-state index contributed by atoms with van der Waals surface area (Å²) in [4.78, 5) is 12.2. The van der Waals surface area contributed by atoms with Crippen LogP contribution in [0.5, 0.6) is 0 Å². The van der Waals surface area contributed by atoms with Crippen molar-refractivity contribution in [1.29, 1.82) is 0 Å². The van der Waals surface area contributed by atoms with E-state index in [0.29, 0.717) is 13.0 Å². The molecule has 1 fully saturated rings. The zero-order valence-electron chi connectivity index (χ0n) is 6.42. The molecule has 0 bridgehead atoms. The number of carbonyl (C=O) groups is 1. The second-order valence-corrected chi connectivity index (χ2v) is 2.94. The number of alkyl halides is 1. The van der Waals surface area contributed by atoms with Gasteiger partial charge in [0.1, 0.15) is 6.17 Å². The van der Waals surface area contributed by atoms with Crippen LogP contribution in [0, 0.1) is 0 Å². The van der Waals surface area contributed by atoms with Gasteiger partial charge in [-0.3, -0.25) is 9.69 Å². The lowest BCUT2D eigenvalue weighted by Gasteiger charge is -2.27. The van der Waals surface area contributed by atoms with Crippen molar-refractivity contribution in [2.45, 2.75) is 19.0 Å². The van der Waals surface area contributed by atoms with Gasteiger partial charge in [0, 0.05) is 6.54 Å². The molecule has 1 atom stereocenters. The minimum Gasteiger partial charge on any atom is -0.369 e. The van der Waals surface area contributed by atoms with Crippen LogP contribution in [0.25, 0.3) is 0 Å². The summed E-state index contributed by atoms with van der Waals surface area (Å²) < 4.78 is 12.7. The van der Waals surface area contributed by atoms with Crippen LogP contribution in [0.3, 0.4) is 0 Å². The molecule has 3 nitrogen and oxygen atoms in total. The predicted octanol–water partition coefficient (Wildman–Crippen LogP) is -0.0944. The molecule has 0 aliphatic carbocycles. The maximum atomic E-state index is 12.7. The molecular weight excluding hydrogens is 147 g/mol. The minimum absolute atomic E-state index is 0.195. The third-order valence-electron chi connectivity index (χ3n) is 1.83. The number of nitrogens with two attached hydrogens (primary N) is 1. The molecule has 11 heavy (non-hydrogen) atoms. The van der Waals surface area contributed by atoms with Crippen molar-refractivity contribution in [3.63, 3.8) is 0 Å². The fourth-order valence-electron chi connectivity index (χ4n) is 1.36. The number of likely N-dealkylation sites (tertiary alicyclic amines) is 1. The smallest absolute Gasteiger partial charge is 0.231 e. The molecule has 1 saturated heterocycles. The molecule has 0 spiro atoms. The molecule has 0 aromatic rings. The number of hydrogen-bond acceptors (Lipinski definition) is 2. The number of hydrogen-bond donors (Lipinski definition) is 1. The van der Waals surface area contributed by atoms with Crippen molar-refractivity contribution in [1.82, 2.24) is 4.90 Å². The second-order valence-electron chi connectivity index (χ2n) is 2.94. The molecule has 2 N–H and O–H groups in total. The maximum absolute atomic E-state index is 12.7. The zero-order valence-corrected chi connectivity index (χ0v) is 6.42. The molecule has 4 heteroatoms. The highest BCUT2D eigenvalue weighted by Crippen LogP contribution is 2.11. The Bertz CT molecular complexity index is 151. The molecule has 1 aliphatic heterocycles. The SMILES string of the molecule is NC(=O)CN1CCC[C@@H](F)C1. The number of nitrogens with zero attached hydrogens (tertiary/aromatic N) is 1. The fraction of sp³-hybridized carbons (Fsp3) is 0.857. The van der Waals surface area contributed by atoms with E-state index in [2.05, 4.69) is 0 Å². The van der Waals surface area contributed by atoms with Crippen LogP contribution in [0.1, 0.15) is 12.8 Å². The summed E-state index contributed by atoms with van der Waals surface area (Å²) in [5.41, 5.74) is 4.97. The Hall–Kier alpha value is -0.640. The number of halogens is 1. The first-order valence-corrected chi connectivity index (χ1v) is 3.83. The van der Waals surface area contributed by atoms with Crippen LogP contribution in [0.4, 0.5) is 4.39 Å². The average Bonchev–Trinajstić information content (AvgIpc) is 1.85. The number of amides is 1. The van der Waals surface area contributed by atoms with Crippen LogP contribution in [0.2, 0.25) is 0 Å². The van der Waals surface area contributed by atoms with E-state index < -0.39 is 6.17 Å². The molecule has 0 saturated carbocycles. The first-order valence-electron chi connectivity index (χ1n) is 3.83. The first kappa shape index (κ1) is 8.46. The zero-order chi connectivity index (χ0) is 8.27. The molecule has 0 unspecified atom stereocenters. The van der Waals surface area contributed by atoms with Crippen molar-refractivity contribution < 1.29 is 9.18 Å². The third-order valence-corrected chi connectivity index (χ3v) is 1.83. The van der Waals surface area contributed by atoms with Gasteiger partial charge in [0.2, 0.25) is 5.91 Å². The molecule has 1 aliphatic rings. The van der Waals surface area contributed by atoms with Gasteiger partial charge < -0.3 is 5.73 Å². The first-order chi connectivity index (χ1) is 5.18. The van der Waals surface area contributed by atoms with E-state index in [-0.39, 0.29) is 12.5 Å². The highest BCUT2D eigenvalue weighted by molar-refractivity contribution is 5.75. The summed E-state index contributed by atoms with van der Waals surface area (Å²) >= 11 is 0. The van der Waals surface area contributed by atoms with E-state index in [9.17, 15) is 9.18 Å². The van der Waals surface area contributed by atoms with Crippen LogP contribution in [-0.4, -0.2) is 36.6 Å². The summed E-state index contributed by atoms with van der Waals surface area (Å²) in [6.45, 7) is 1.35. The number of piperidine rings is 1. The van der Waals surface area contributed by atoms with E-state index in [1.807, 2.05) is 0 Å². The van der Waals surface area contributed by atoms with Gasteiger partial charge in [0.15, 0.2) is 0 Å². The largest absolute Gasteiger partial charge is 0.369 e. The van der Waals surface area contributed by atoms with Crippen molar-refractivity contribution >= 4 is 5.91 Å². The van der Waals surface area contributed by atoms with Gasteiger partial charge >= 0.3 is 0 Å². The van der Waals surface area contributed by atoms with Gasteiger partial charge in [-0.15, -0.1) is 0 Å². The van der Waals surface area contributed by atoms with Crippen molar-refractivity contribution in [3.8, 4) is 0 Å². The lowest BCUT2D eigenvalue weighted by atomic mass is 10.1. The number of rotatable bonds is 2. The lowest BCUT2D eigenvalue weighted by molar-refractivity contribution is -0.119. The van der Waals surface area contributed by atoms with E-state index in [1.165, 1.54) is 0 Å². The van der Waals surface area contributed by atoms with Crippen LogP contribution in [-0.2, 0) is 4.79 Å². The highest BCUT2D eigenvalue weighted by Gasteiger charge is 2.19. The predicted molar refractivity (Wildman–Crippen MR) is 39.8 cm³/mol. The minimum atomic E-state index is -0.775. The molecule has 1 heterocycles. The van der Waals surface area contributed by atoms with Crippen LogP contribution < -0.4 is 5.73 Å². The van der Waals surface area contributed by atoms with Gasteiger partial charge in [-0.1, -0.05) is 0 Å². The lowest BCUT2D eigenvalue weighted by Crippen LogP contribution is -2.41. The van der Waals surface area contributed by atoms with Gasteiger partial charge in [-0.2, -0.15) is 0 Å². The fourth-order valence-corrected chi connectivity index (χ4v) is 1.36. The van der Waals surface area contributed by atoms with Crippen LogP contribution in [0.15, 0.2) is 0 Å². The van der Waals surface area contributed by atoms with Crippen molar-refractivity contribution in [3.05, 3.63) is 0 Å². The quantitative estimate of drug-likeness (QED) is 0.613. The normalized spacial score (nSPS) is 26.8. The van der Waals surface area contributed by atoms with E-state index in [1.54, 1.807) is 4.90 Å². The topological polar surface area (TPSA) is 46.3 Å². The molecule has 64 valence electrons. The van der Waals surface area contributed by atoms with Gasteiger partial charge in [0.05, 0.1) is 6.54 Å². The summed E-state index contributed by atoms with van der Waals surface area (Å²) in [6, 6.07) is 0. The molecule has 1 rings (SSSR count). The standard InChI is InChI=1S/C7H13FN2O/c8-6-2-1-3-10(4-6)5-7(9)11/h6H,1-5H2,(H2,9,11)/t6-/m1/s1. The Morgan fingerprint density at radius 1 is 1.73 bits per heavy atom. The van der Waals surface area contributed by atoms with Gasteiger partial charge in [-0.25, -0.2) is 4.39 Å². The number of primary amides is 1. The summed E-state index contributed by atoms with van der Waals surface area (Å²) in [5.74, 6) is -0.376. The van der Waals surface area contributed by atoms with Crippen molar-refractivity contribution in [2.24, 2.45) is 5.73 Å². The Morgan fingerprint density at radius 3 is 3.00 bits per heavy atom. The van der Waals surface area contributed by atoms with Gasteiger partial charge in [-0.05, 0) is 19.4 Å². The highest BCUT2D eigenvalue weighted by atomic mass is 19.1. The van der Waals surface area contributed by atoms with E-state index in [0.717, 1.165) is 13.0 Å². The van der Waals surface area contributed by atoms with Crippen molar-refractivity contribution in [2.75, 3.05) is 19.6 Å². The van der Waals surface area contributed by atoms with E-state index in [4.69, 9.17) is 5.73 Å². The molecule has 0 radical (unpaired) electrons. The monoisotopic (exact) mass is 160 g/mol. The molecule has 1 amide bonds. The molecule has 0 aromatic carbocycles. The number of carbonyl (C=O) groups excluding carboxylic acids is 1. The van der Waals surface area contributed by atoms with Gasteiger partial charge in [0.25, 0.3) is 0 Å². The summed E-state index contributed by atoms with van der Waals surface area (Å²) in [6.07, 6.45) is 0.673.